The summed E-state index contributed by atoms with van der Waals surface area (Å²) in [6.07, 6.45) is -4.15. The molecule has 1 aromatic carbocycles. The highest BCUT2D eigenvalue weighted by atomic mass is 32.2. The first-order valence-corrected chi connectivity index (χ1v) is 7.98. The summed E-state index contributed by atoms with van der Waals surface area (Å²) in [4.78, 5) is 11.4. The smallest absolute Gasteiger partial charge is 0.343 e. The van der Waals surface area contributed by atoms with Crippen LogP contribution in [0.5, 0.6) is 0 Å². The fourth-order valence-electron chi connectivity index (χ4n) is 1.52. The molecule has 0 bridgehead atoms. The van der Waals surface area contributed by atoms with E-state index in [0.717, 1.165) is 24.3 Å². The van der Waals surface area contributed by atoms with E-state index in [1.54, 1.807) is 12.2 Å². The van der Waals surface area contributed by atoms with Crippen molar-refractivity contribution in [2.45, 2.75) is 24.4 Å². The zero-order chi connectivity index (χ0) is 17.5. The molecule has 1 aromatic rings. The summed E-state index contributed by atoms with van der Waals surface area (Å²) in [5.74, 6) is 4.39. The van der Waals surface area contributed by atoms with Crippen molar-refractivity contribution < 1.29 is 26.4 Å². The third-order valence-electron chi connectivity index (χ3n) is 2.60. The predicted molar refractivity (Wildman–Crippen MR) is 78.1 cm³/mol. The average Bonchev–Trinajstić information content (AvgIpc) is 2.48. The standard InChI is InChI=1S/C14H15F3N2O3S/c1-2-3-4-9-19-23(21,22)12-7-5-11(6-8-12)13(20)18-10-14(15,16)17/h5-8,19H,4,9-10H2,1H3,(H,18,20). The molecule has 0 aliphatic rings. The molecule has 0 saturated heterocycles. The van der Waals surface area contributed by atoms with Crippen molar-refractivity contribution in [3.8, 4) is 11.8 Å². The topological polar surface area (TPSA) is 75.3 Å². The van der Waals surface area contributed by atoms with Gasteiger partial charge in [0.05, 0.1) is 4.90 Å². The Hall–Kier alpha value is -2.05. The van der Waals surface area contributed by atoms with Gasteiger partial charge in [-0.15, -0.1) is 11.8 Å². The first-order valence-electron chi connectivity index (χ1n) is 6.50. The molecule has 0 aliphatic carbocycles. The van der Waals surface area contributed by atoms with Crippen LogP contribution in [0.1, 0.15) is 23.7 Å². The molecule has 0 heterocycles. The van der Waals surface area contributed by atoms with Gasteiger partial charge < -0.3 is 5.32 Å². The van der Waals surface area contributed by atoms with Gasteiger partial charge in [0.2, 0.25) is 10.0 Å². The zero-order valence-electron chi connectivity index (χ0n) is 12.2. The molecule has 0 saturated carbocycles. The third-order valence-corrected chi connectivity index (χ3v) is 4.07. The minimum Gasteiger partial charge on any atom is -0.343 e. The number of benzene rings is 1. The van der Waals surface area contributed by atoms with E-state index in [1.807, 2.05) is 0 Å². The second kappa shape index (κ2) is 7.99. The van der Waals surface area contributed by atoms with Crippen molar-refractivity contribution in [3.63, 3.8) is 0 Å². The molecule has 0 radical (unpaired) electrons. The minimum atomic E-state index is -4.51. The van der Waals surface area contributed by atoms with E-state index in [1.165, 1.54) is 0 Å². The molecule has 1 amide bonds. The Bertz CT molecular complexity index is 702. The Labute approximate surface area is 132 Å². The molecule has 1 rings (SSSR count). The maximum atomic E-state index is 12.0. The SMILES string of the molecule is CC#CCCNS(=O)(=O)c1ccc(C(=O)NCC(F)(F)F)cc1. The summed E-state index contributed by atoms with van der Waals surface area (Å²) >= 11 is 0. The average molecular weight is 348 g/mol. The van der Waals surface area contributed by atoms with Gasteiger partial charge >= 0.3 is 6.18 Å². The van der Waals surface area contributed by atoms with Gasteiger partial charge in [-0.2, -0.15) is 13.2 Å². The molecule has 0 aliphatic heterocycles. The van der Waals surface area contributed by atoms with E-state index in [2.05, 4.69) is 16.6 Å². The lowest BCUT2D eigenvalue weighted by molar-refractivity contribution is -0.123. The fraction of sp³-hybridized carbons (Fsp3) is 0.357. The summed E-state index contributed by atoms with van der Waals surface area (Å²) in [6, 6.07) is 4.59. The van der Waals surface area contributed by atoms with Gasteiger partial charge in [0, 0.05) is 18.5 Å². The fourth-order valence-corrected chi connectivity index (χ4v) is 2.56. The second-order valence-corrected chi connectivity index (χ2v) is 6.16. The monoisotopic (exact) mass is 348 g/mol. The lowest BCUT2D eigenvalue weighted by Gasteiger charge is -2.09. The molecule has 0 fully saturated rings. The van der Waals surface area contributed by atoms with Crippen molar-refractivity contribution >= 4 is 15.9 Å². The van der Waals surface area contributed by atoms with Gasteiger partial charge in [-0.25, -0.2) is 13.1 Å². The summed E-state index contributed by atoms with van der Waals surface area (Å²) < 4.78 is 62.2. The summed E-state index contributed by atoms with van der Waals surface area (Å²) in [5, 5.41) is 1.70. The second-order valence-electron chi connectivity index (χ2n) is 4.40. The van der Waals surface area contributed by atoms with Crippen molar-refractivity contribution in [1.29, 1.82) is 0 Å². The van der Waals surface area contributed by atoms with Crippen molar-refractivity contribution in [2.75, 3.05) is 13.1 Å². The zero-order valence-corrected chi connectivity index (χ0v) is 13.0. The lowest BCUT2D eigenvalue weighted by Crippen LogP contribution is -2.33. The molecule has 9 heteroatoms. The Morgan fingerprint density at radius 2 is 1.83 bits per heavy atom. The maximum Gasteiger partial charge on any atom is 0.405 e. The third kappa shape index (κ3) is 6.71. The molecule has 0 aromatic heterocycles. The molecular weight excluding hydrogens is 333 g/mol. The molecule has 5 nitrogen and oxygen atoms in total. The molecule has 0 spiro atoms. The Balaban J connectivity index is 2.71. The number of carbonyl (C=O) groups excluding carboxylic acids is 1. The number of hydrogen-bond acceptors (Lipinski definition) is 3. The van der Waals surface area contributed by atoms with E-state index in [0.29, 0.717) is 6.42 Å². The van der Waals surface area contributed by atoms with Crippen LogP contribution in [0.4, 0.5) is 13.2 Å². The van der Waals surface area contributed by atoms with Crippen LogP contribution in [0.15, 0.2) is 29.2 Å². The van der Waals surface area contributed by atoms with E-state index in [4.69, 9.17) is 0 Å². The Morgan fingerprint density at radius 1 is 1.22 bits per heavy atom. The number of hydrogen-bond donors (Lipinski definition) is 2. The normalized spacial score (nSPS) is 11.5. The number of carbonyl (C=O) groups is 1. The van der Waals surface area contributed by atoms with Crippen LogP contribution in [0.3, 0.4) is 0 Å². The lowest BCUT2D eigenvalue weighted by atomic mass is 10.2. The quantitative estimate of drug-likeness (QED) is 0.607. The summed E-state index contributed by atoms with van der Waals surface area (Å²) in [7, 11) is -3.75. The molecule has 126 valence electrons. The van der Waals surface area contributed by atoms with E-state index in [-0.39, 0.29) is 17.0 Å². The predicted octanol–water partition coefficient (Wildman–Crippen LogP) is 1.67. The first kappa shape index (κ1) is 19.0. The van der Waals surface area contributed by atoms with Crippen LogP contribution >= 0.6 is 0 Å². The molecule has 2 N–H and O–H groups in total. The van der Waals surface area contributed by atoms with Crippen LogP contribution in [0.25, 0.3) is 0 Å². The molecule has 0 unspecified atom stereocenters. The number of sulfonamides is 1. The van der Waals surface area contributed by atoms with Crippen molar-refractivity contribution in [3.05, 3.63) is 29.8 Å². The summed E-state index contributed by atoms with van der Waals surface area (Å²) in [5.41, 5.74) is -0.0648. The maximum absolute atomic E-state index is 12.0. The van der Waals surface area contributed by atoms with Crippen LogP contribution in [-0.2, 0) is 10.0 Å². The highest BCUT2D eigenvalue weighted by molar-refractivity contribution is 7.89. The molecular formula is C14H15F3N2O3S. The molecule has 23 heavy (non-hydrogen) atoms. The van der Waals surface area contributed by atoms with Crippen molar-refractivity contribution in [1.82, 2.24) is 10.0 Å². The van der Waals surface area contributed by atoms with Crippen LogP contribution in [0, 0.1) is 11.8 Å². The van der Waals surface area contributed by atoms with E-state index >= 15 is 0 Å². The minimum absolute atomic E-state index is 0.0648. The number of nitrogens with one attached hydrogen (secondary N) is 2. The van der Waals surface area contributed by atoms with Gasteiger partial charge in [-0.1, -0.05) is 0 Å². The number of alkyl halides is 3. The van der Waals surface area contributed by atoms with Gasteiger partial charge in [-0.3, -0.25) is 4.79 Å². The van der Waals surface area contributed by atoms with Gasteiger partial charge in [0.25, 0.3) is 5.91 Å². The van der Waals surface area contributed by atoms with Crippen LogP contribution < -0.4 is 10.0 Å². The highest BCUT2D eigenvalue weighted by Crippen LogP contribution is 2.14. The van der Waals surface area contributed by atoms with Crippen LogP contribution in [-0.4, -0.2) is 33.6 Å². The Kier molecular flexibility index (Phi) is 6.60. The van der Waals surface area contributed by atoms with Crippen LogP contribution in [0.2, 0.25) is 0 Å². The van der Waals surface area contributed by atoms with E-state index < -0.39 is 28.7 Å². The van der Waals surface area contributed by atoms with Gasteiger partial charge in [0.15, 0.2) is 0 Å². The number of halogens is 3. The molecule has 0 atom stereocenters. The summed E-state index contributed by atoms with van der Waals surface area (Å²) in [6.45, 7) is 0.319. The first-order chi connectivity index (χ1) is 10.7. The van der Waals surface area contributed by atoms with Crippen molar-refractivity contribution in [2.24, 2.45) is 0 Å². The largest absolute Gasteiger partial charge is 0.405 e. The van der Waals surface area contributed by atoms with E-state index in [9.17, 15) is 26.4 Å². The number of rotatable bonds is 6. The van der Waals surface area contributed by atoms with Gasteiger partial charge in [0.1, 0.15) is 6.54 Å². The Morgan fingerprint density at radius 3 is 2.35 bits per heavy atom. The highest BCUT2D eigenvalue weighted by Gasteiger charge is 2.27. The number of amides is 1. The van der Waals surface area contributed by atoms with Gasteiger partial charge in [-0.05, 0) is 31.2 Å².